The van der Waals surface area contributed by atoms with Gasteiger partial charge in [-0.15, -0.1) is 35.3 Å². The molecule has 2 rings (SSSR count). The Bertz CT molecular complexity index is 569. The van der Waals surface area contributed by atoms with Gasteiger partial charge in [-0.1, -0.05) is 26.8 Å². The van der Waals surface area contributed by atoms with Crippen molar-refractivity contribution in [3.8, 4) is 0 Å². The van der Waals surface area contributed by atoms with Gasteiger partial charge in [0.15, 0.2) is 5.96 Å². The Labute approximate surface area is 185 Å². The third-order valence-corrected chi connectivity index (χ3v) is 5.58. The lowest BCUT2D eigenvalue weighted by molar-refractivity contribution is -0.135. The smallest absolute Gasteiger partial charge is 0.225 e. The molecule has 1 aliphatic heterocycles. The minimum atomic E-state index is 0. The van der Waals surface area contributed by atoms with Crippen LogP contribution in [0.1, 0.15) is 45.4 Å². The number of amides is 1. The molecule has 1 aromatic rings. The molecule has 1 atom stereocenters. The monoisotopic (exact) mass is 506 g/mol. The first-order valence-corrected chi connectivity index (χ1v) is 10.7. The van der Waals surface area contributed by atoms with Gasteiger partial charge < -0.3 is 15.5 Å². The van der Waals surface area contributed by atoms with Crippen LogP contribution in [-0.2, 0) is 11.2 Å². The molecule has 0 aromatic carbocycles. The molecule has 0 bridgehead atoms. The number of likely N-dealkylation sites (tertiary alicyclic amines) is 1. The highest BCUT2D eigenvalue weighted by Gasteiger charge is 2.24. The van der Waals surface area contributed by atoms with Crippen molar-refractivity contribution in [2.45, 2.75) is 53.0 Å². The van der Waals surface area contributed by atoms with Gasteiger partial charge in [-0.05, 0) is 43.6 Å². The fourth-order valence-corrected chi connectivity index (χ4v) is 4.08. The molecule has 1 unspecified atom stereocenters. The summed E-state index contributed by atoms with van der Waals surface area (Å²) in [5, 5.41) is 9.05. The van der Waals surface area contributed by atoms with Crippen LogP contribution in [0.3, 0.4) is 0 Å². The molecular formula is C20H35IN4OS. The highest BCUT2D eigenvalue weighted by Crippen LogP contribution is 2.15. The maximum atomic E-state index is 12.1. The Morgan fingerprint density at radius 3 is 2.59 bits per heavy atom. The van der Waals surface area contributed by atoms with Crippen molar-refractivity contribution in [1.29, 1.82) is 0 Å². The number of aliphatic imine (C=N–C) groups is 1. The fraction of sp³-hybridized carbons (Fsp3) is 0.700. The number of halogens is 1. The lowest BCUT2D eigenvalue weighted by atomic mass is 10.0. The van der Waals surface area contributed by atoms with Crippen molar-refractivity contribution in [3.63, 3.8) is 0 Å². The Balaban J connectivity index is 0.00000364. The van der Waals surface area contributed by atoms with E-state index in [0.717, 1.165) is 51.4 Å². The molecule has 2 N–H and O–H groups in total. The molecule has 0 saturated carbocycles. The first-order chi connectivity index (χ1) is 12.5. The number of piperidine rings is 1. The van der Waals surface area contributed by atoms with E-state index in [2.05, 4.69) is 42.0 Å². The van der Waals surface area contributed by atoms with Crippen molar-refractivity contribution in [2.24, 2.45) is 16.8 Å². The largest absolute Gasteiger partial charge is 0.357 e. The van der Waals surface area contributed by atoms with Gasteiger partial charge in [-0.25, -0.2) is 0 Å². The number of thiophene rings is 1. The Morgan fingerprint density at radius 2 is 2.04 bits per heavy atom. The third kappa shape index (κ3) is 8.37. The number of rotatable bonds is 7. The van der Waals surface area contributed by atoms with Gasteiger partial charge >= 0.3 is 0 Å². The standard InChI is InChI=1S/C20H34N4OS.HI/c1-5-21-20(22-14-16(4)13-18-7-6-12-26-18)23-17-8-10-24(11-9-17)19(25)15(2)3;/h6-7,12,15-17H,5,8-11,13-14H2,1-4H3,(H2,21,22,23);1H. The van der Waals surface area contributed by atoms with E-state index >= 15 is 0 Å². The number of nitrogens with zero attached hydrogens (tertiary/aromatic N) is 2. The highest BCUT2D eigenvalue weighted by atomic mass is 127. The maximum Gasteiger partial charge on any atom is 0.225 e. The maximum absolute atomic E-state index is 12.1. The van der Waals surface area contributed by atoms with E-state index in [9.17, 15) is 4.79 Å². The Hall–Kier alpha value is -0.830. The Kier molecular flexibility index (Phi) is 11.3. The number of hydrogen-bond donors (Lipinski definition) is 2. The molecule has 1 aromatic heterocycles. The van der Waals surface area contributed by atoms with Gasteiger partial charge in [0.25, 0.3) is 0 Å². The molecule has 0 radical (unpaired) electrons. The molecule has 7 heteroatoms. The number of nitrogens with one attached hydrogen (secondary N) is 2. The van der Waals surface area contributed by atoms with Crippen LogP contribution in [0.4, 0.5) is 0 Å². The van der Waals surface area contributed by atoms with Crippen molar-refractivity contribution < 1.29 is 4.79 Å². The second kappa shape index (κ2) is 12.6. The number of hydrogen-bond acceptors (Lipinski definition) is 3. The summed E-state index contributed by atoms with van der Waals surface area (Å²) in [4.78, 5) is 20.3. The summed E-state index contributed by atoms with van der Waals surface area (Å²) in [6.07, 6.45) is 3.04. The molecule has 2 heterocycles. The summed E-state index contributed by atoms with van der Waals surface area (Å²) in [6, 6.07) is 4.69. The second-order valence-electron chi connectivity index (χ2n) is 7.51. The summed E-state index contributed by atoms with van der Waals surface area (Å²) in [5.74, 6) is 1.78. The molecule has 5 nitrogen and oxygen atoms in total. The van der Waals surface area contributed by atoms with Gasteiger partial charge in [0, 0.05) is 43.0 Å². The quantitative estimate of drug-likeness (QED) is 0.337. The number of guanidine groups is 1. The lowest BCUT2D eigenvalue weighted by Gasteiger charge is -2.34. The van der Waals surface area contributed by atoms with Crippen LogP contribution in [0.5, 0.6) is 0 Å². The van der Waals surface area contributed by atoms with Gasteiger partial charge in [0.05, 0.1) is 0 Å². The van der Waals surface area contributed by atoms with Gasteiger partial charge in [0.1, 0.15) is 0 Å². The Morgan fingerprint density at radius 1 is 1.33 bits per heavy atom. The molecule has 0 spiro atoms. The summed E-state index contributed by atoms with van der Waals surface area (Å²) in [7, 11) is 0. The van der Waals surface area contributed by atoms with Crippen LogP contribution in [-0.4, -0.2) is 49.0 Å². The van der Waals surface area contributed by atoms with E-state index in [1.54, 1.807) is 0 Å². The minimum Gasteiger partial charge on any atom is -0.357 e. The average molecular weight is 506 g/mol. The predicted octanol–water partition coefficient (Wildman–Crippen LogP) is 3.75. The molecule has 1 aliphatic rings. The van der Waals surface area contributed by atoms with Crippen molar-refractivity contribution in [3.05, 3.63) is 22.4 Å². The molecule has 1 saturated heterocycles. The molecule has 154 valence electrons. The molecular weight excluding hydrogens is 471 g/mol. The lowest BCUT2D eigenvalue weighted by Crippen LogP contribution is -2.50. The minimum absolute atomic E-state index is 0. The third-order valence-electron chi connectivity index (χ3n) is 4.68. The SMILES string of the molecule is CCNC(=NCC(C)Cc1cccs1)NC1CCN(C(=O)C(C)C)CC1.I. The van der Waals surface area contributed by atoms with E-state index < -0.39 is 0 Å². The van der Waals surface area contributed by atoms with Crippen LogP contribution in [0.2, 0.25) is 0 Å². The molecule has 1 fully saturated rings. The zero-order chi connectivity index (χ0) is 18.9. The molecule has 1 amide bonds. The van der Waals surface area contributed by atoms with Gasteiger partial charge in [0.2, 0.25) is 5.91 Å². The van der Waals surface area contributed by atoms with E-state index in [-0.39, 0.29) is 35.8 Å². The second-order valence-corrected chi connectivity index (χ2v) is 8.54. The predicted molar refractivity (Wildman–Crippen MR) is 126 cm³/mol. The van der Waals surface area contributed by atoms with Crippen LogP contribution in [0, 0.1) is 11.8 Å². The average Bonchev–Trinajstić information content (AvgIpc) is 3.12. The van der Waals surface area contributed by atoms with Crippen LogP contribution in [0.15, 0.2) is 22.5 Å². The van der Waals surface area contributed by atoms with Crippen molar-refractivity contribution in [1.82, 2.24) is 15.5 Å². The van der Waals surface area contributed by atoms with Crippen LogP contribution < -0.4 is 10.6 Å². The topological polar surface area (TPSA) is 56.7 Å². The van der Waals surface area contributed by atoms with E-state index in [0.29, 0.717) is 12.0 Å². The zero-order valence-corrected chi connectivity index (χ0v) is 20.2. The van der Waals surface area contributed by atoms with Crippen LogP contribution in [0.25, 0.3) is 0 Å². The van der Waals surface area contributed by atoms with Gasteiger partial charge in [-0.3, -0.25) is 9.79 Å². The first-order valence-electron chi connectivity index (χ1n) is 9.85. The summed E-state index contributed by atoms with van der Waals surface area (Å²) < 4.78 is 0. The van der Waals surface area contributed by atoms with E-state index in [4.69, 9.17) is 4.99 Å². The summed E-state index contributed by atoms with van der Waals surface area (Å²) in [6.45, 7) is 11.6. The van der Waals surface area contributed by atoms with Crippen LogP contribution >= 0.6 is 35.3 Å². The first kappa shape index (κ1) is 24.2. The number of carbonyl (C=O) groups excluding carboxylic acids is 1. The normalized spacial score (nSPS) is 16.8. The van der Waals surface area contributed by atoms with E-state index in [1.165, 1.54) is 4.88 Å². The zero-order valence-electron chi connectivity index (χ0n) is 17.0. The summed E-state index contributed by atoms with van der Waals surface area (Å²) >= 11 is 1.82. The highest BCUT2D eigenvalue weighted by molar-refractivity contribution is 14.0. The number of carbonyl (C=O) groups is 1. The molecule has 27 heavy (non-hydrogen) atoms. The fourth-order valence-electron chi connectivity index (χ4n) is 3.21. The van der Waals surface area contributed by atoms with Crippen molar-refractivity contribution >= 4 is 47.2 Å². The molecule has 0 aliphatic carbocycles. The van der Waals surface area contributed by atoms with E-state index in [1.807, 2.05) is 30.1 Å². The summed E-state index contributed by atoms with van der Waals surface area (Å²) in [5.41, 5.74) is 0. The van der Waals surface area contributed by atoms with Crippen molar-refractivity contribution in [2.75, 3.05) is 26.2 Å². The van der Waals surface area contributed by atoms with Gasteiger partial charge in [-0.2, -0.15) is 0 Å².